The van der Waals surface area contributed by atoms with Crippen LogP contribution in [0.15, 0.2) is 36.7 Å². The summed E-state index contributed by atoms with van der Waals surface area (Å²) in [5, 5.41) is 0. The number of rotatable bonds is 6. The molecule has 0 saturated carbocycles. The van der Waals surface area contributed by atoms with Crippen molar-refractivity contribution in [3.05, 3.63) is 42.4 Å². The van der Waals surface area contributed by atoms with Gasteiger partial charge >= 0.3 is 0 Å². The Kier molecular flexibility index (Phi) is 5.45. The number of hydrogen-bond donors (Lipinski definition) is 0. The number of carbonyl (C=O) groups excluding carboxylic acids is 1. The number of amides is 1. The van der Waals surface area contributed by atoms with Gasteiger partial charge in [-0.2, -0.15) is 0 Å². The Morgan fingerprint density at radius 2 is 1.96 bits per heavy atom. The molecule has 0 N–H and O–H groups in total. The van der Waals surface area contributed by atoms with Crippen LogP contribution in [-0.2, 0) is 9.53 Å². The fraction of sp³-hybridized carbons (Fsp3) is 0.389. The third-order valence-corrected chi connectivity index (χ3v) is 4.10. The standard InChI is InChI=1S/C18H21N3O4/c1-23-12-18(22)21-9-3-4-16(21)15-10-19-11-17(20-15)25-14-7-5-13(24-2)6-8-14/h5-8,10-11,16H,3-4,9,12H2,1-2H3/t16-/m0/s1. The molecule has 1 saturated heterocycles. The van der Waals surface area contributed by atoms with Crippen molar-refractivity contribution in [2.24, 2.45) is 0 Å². The summed E-state index contributed by atoms with van der Waals surface area (Å²) >= 11 is 0. The van der Waals surface area contributed by atoms with E-state index in [1.54, 1.807) is 36.5 Å². The second-order valence-corrected chi connectivity index (χ2v) is 5.74. The van der Waals surface area contributed by atoms with Gasteiger partial charge in [-0.05, 0) is 37.1 Å². The minimum atomic E-state index is -0.0884. The highest BCUT2D eigenvalue weighted by atomic mass is 16.5. The summed E-state index contributed by atoms with van der Waals surface area (Å²) in [4.78, 5) is 22.7. The van der Waals surface area contributed by atoms with Gasteiger partial charge in [-0.3, -0.25) is 9.78 Å². The summed E-state index contributed by atoms with van der Waals surface area (Å²) < 4.78 is 15.9. The molecule has 0 unspecified atom stereocenters. The molecule has 1 aromatic carbocycles. The summed E-state index contributed by atoms with van der Waals surface area (Å²) in [5.41, 5.74) is 0.730. The molecule has 3 rings (SSSR count). The molecule has 1 atom stereocenters. The number of ether oxygens (including phenoxy) is 3. The van der Waals surface area contributed by atoms with Crippen molar-refractivity contribution in [1.82, 2.24) is 14.9 Å². The van der Waals surface area contributed by atoms with Crippen LogP contribution < -0.4 is 9.47 Å². The first kappa shape index (κ1) is 17.2. The average Bonchev–Trinajstić information content (AvgIpc) is 3.13. The molecule has 25 heavy (non-hydrogen) atoms. The molecule has 1 aliphatic heterocycles. The number of methoxy groups -OCH3 is 2. The van der Waals surface area contributed by atoms with E-state index in [0.717, 1.165) is 24.3 Å². The fourth-order valence-corrected chi connectivity index (χ4v) is 2.92. The van der Waals surface area contributed by atoms with Crippen LogP contribution in [0.4, 0.5) is 0 Å². The minimum absolute atomic E-state index is 0.0340. The molecule has 1 aliphatic rings. The largest absolute Gasteiger partial charge is 0.497 e. The maximum Gasteiger partial charge on any atom is 0.249 e. The van der Waals surface area contributed by atoms with Crippen molar-refractivity contribution in [1.29, 1.82) is 0 Å². The van der Waals surface area contributed by atoms with E-state index in [0.29, 0.717) is 18.2 Å². The molecule has 0 aliphatic carbocycles. The predicted molar refractivity (Wildman–Crippen MR) is 90.7 cm³/mol. The Balaban J connectivity index is 1.75. The third kappa shape index (κ3) is 4.06. The number of carbonyl (C=O) groups is 1. The van der Waals surface area contributed by atoms with E-state index in [9.17, 15) is 4.79 Å². The van der Waals surface area contributed by atoms with E-state index in [2.05, 4.69) is 9.97 Å². The lowest BCUT2D eigenvalue weighted by molar-refractivity contribution is -0.136. The van der Waals surface area contributed by atoms with Crippen LogP contribution >= 0.6 is 0 Å². The van der Waals surface area contributed by atoms with Gasteiger partial charge in [-0.25, -0.2) is 4.98 Å². The SMILES string of the molecule is COCC(=O)N1CCC[C@H]1c1cncc(Oc2ccc(OC)cc2)n1. The molecule has 7 heteroatoms. The molecule has 1 aromatic heterocycles. The van der Waals surface area contributed by atoms with E-state index in [-0.39, 0.29) is 18.6 Å². The fourth-order valence-electron chi connectivity index (χ4n) is 2.92. The highest BCUT2D eigenvalue weighted by Gasteiger charge is 2.31. The maximum atomic E-state index is 12.2. The molecule has 132 valence electrons. The summed E-state index contributed by atoms with van der Waals surface area (Å²) in [6, 6.07) is 7.15. The summed E-state index contributed by atoms with van der Waals surface area (Å²) in [6.07, 6.45) is 5.04. The Bertz CT molecular complexity index is 721. The lowest BCUT2D eigenvalue weighted by Gasteiger charge is -2.24. The Labute approximate surface area is 146 Å². The van der Waals surface area contributed by atoms with Crippen molar-refractivity contribution >= 4 is 5.91 Å². The van der Waals surface area contributed by atoms with E-state index < -0.39 is 0 Å². The van der Waals surface area contributed by atoms with Crippen molar-refractivity contribution in [3.8, 4) is 17.4 Å². The smallest absolute Gasteiger partial charge is 0.249 e. The van der Waals surface area contributed by atoms with Crippen molar-refractivity contribution in [3.63, 3.8) is 0 Å². The Morgan fingerprint density at radius 3 is 2.68 bits per heavy atom. The van der Waals surface area contributed by atoms with Crippen LogP contribution in [0.1, 0.15) is 24.6 Å². The van der Waals surface area contributed by atoms with E-state index in [4.69, 9.17) is 14.2 Å². The van der Waals surface area contributed by atoms with Crippen LogP contribution in [0.2, 0.25) is 0 Å². The molecule has 7 nitrogen and oxygen atoms in total. The number of nitrogens with zero attached hydrogens (tertiary/aromatic N) is 3. The highest BCUT2D eigenvalue weighted by Crippen LogP contribution is 2.32. The lowest BCUT2D eigenvalue weighted by atomic mass is 10.1. The van der Waals surface area contributed by atoms with Gasteiger partial charge in [0.25, 0.3) is 0 Å². The summed E-state index contributed by atoms with van der Waals surface area (Å²) in [6.45, 7) is 0.782. The second kappa shape index (κ2) is 7.94. The number of aromatic nitrogens is 2. The van der Waals surface area contributed by atoms with E-state index in [1.165, 1.54) is 7.11 Å². The highest BCUT2D eigenvalue weighted by molar-refractivity contribution is 5.78. The quantitative estimate of drug-likeness (QED) is 0.803. The molecule has 0 bridgehead atoms. The van der Waals surface area contributed by atoms with Gasteiger partial charge in [0.05, 0.1) is 31.2 Å². The second-order valence-electron chi connectivity index (χ2n) is 5.74. The van der Waals surface area contributed by atoms with Gasteiger partial charge in [0.2, 0.25) is 11.8 Å². The lowest BCUT2D eigenvalue weighted by Crippen LogP contribution is -2.33. The maximum absolute atomic E-state index is 12.2. The molecular weight excluding hydrogens is 322 g/mol. The van der Waals surface area contributed by atoms with Crippen LogP contribution in [-0.4, -0.2) is 48.1 Å². The molecular formula is C18H21N3O4. The number of likely N-dealkylation sites (tertiary alicyclic amines) is 1. The van der Waals surface area contributed by atoms with E-state index >= 15 is 0 Å². The number of benzene rings is 1. The van der Waals surface area contributed by atoms with Crippen LogP contribution in [0.3, 0.4) is 0 Å². The normalized spacial score (nSPS) is 16.7. The van der Waals surface area contributed by atoms with Gasteiger partial charge in [0.15, 0.2) is 0 Å². The van der Waals surface area contributed by atoms with Crippen LogP contribution in [0.5, 0.6) is 17.4 Å². The molecule has 1 fully saturated rings. The third-order valence-electron chi connectivity index (χ3n) is 4.10. The zero-order valence-electron chi connectivity index (χ0n) is 14.3. The van der Waals surface area contributed by atoms with Gasteiger partial charge < -0.3 is 19.1 Å². The first-order valence-electron chi connectivity index (χ1n) is 8.13. The Morgan fingerprint density at radius 1 is 1.20 bits per heavy atom. The van der Waals surface area contributed by atoms with Gasteiger partial charge in [0, 0.05) is 13.7 Å². The van der Waals surface area contributed by atoms with Gasteiger partial charge in [-0.1, -0.05) is 0 Å². The molecule has 1 amide bonds. The molecule has 0 spiro atoms. The van der Waals surface area contributed by atoms with E-state index in [1.807, 2.05) is 12.1 Å². The first-order valence-corrected chi connectivity index (χ1v) is 8.13. The van der Waals surface area contributed by atoms with Crippen molar-refractivity contribution < 1.29 is 19.0 Å². The first-order chi connectivity index (χ1) is 12.2. The molecule has 0 radical (unpaired) electrons. The summed E-state index contributed by atoms with van der Waals surface area (Å²) in [5.74, 6) is 1.76. The number of hydrogen-bond acceptors (Lipinski definition) is 6. The predicted octanol–water partition coefficient (Wildman–Crippen LogP) is 2.59. The van der Waals surface area contributed by atoms with Gasteiger partial charge in [0.1, 0.15) is 18.1 Å². The minimum Gasteiger partial charge on any atom is -0.497 e. The van der Waals surface area contributed by atoms with Crippen LogP contribution in [0, 0.1) is 0 Å². The molecule has 2 aromatic rings. The van der Waals surface area contributed by atoms with Crippen LogP contribution in [0.25, 0.3) is 0 Å². The van der Waals surface area contributed by atoms with Crippen molar-refractivity contribution in [2.45, 2.75) is 18.9 Å². The Hall–Kier alpha value is -2.67. The molecule has 2 heterocycles. The van der Waals surface area contributed by atoms with Gasteiger partial charge in [-0.15, -0.1) is 0 Å². The average molecular weight is 343 g/mol. The summed E-state index contributed by atoms with van der Waals surface area (Å²) in [7, 11) is 3.13. The van der Waals surface area contributed by atoms with Crippen molar-refractivity contribution in [2.75, 3.05) is 27.4 Å². The monoisotopic (exact) mass is 343 g/mol. The zero-order valence-corrected chi connectivity index (χ0v) is 14.3. The zero-order chi connectivity index (χ0) is 17.6. The topological polar surface area (TPSA) is 73.8 Å².